The highest BCUT2D eigenvalue weighted by atomic mass is 16.5. The Labute approximate surface area is 170 Å². The van der Waals surface area contributed by atoms with Gasteiger partial charge in [0.05, 0.1) is 0 Å². The molecule has 2 amide bonds. The minimum atomic E-state index is -0.0460. The summed E-state index contributed by atoms with van der Waals surface area (Å²) in [5.74, 6) is 1.32. The second-order valence-corrected chi connectivity index (χ2v) is 6.89. The summed E-state index contributed by atoms with van der Waals surface area (Å²) in [5, 5.41) is 0. The monoisotopic (exact) mass is 386 g/mol. The molecule has 4 rings (SSSR count). The first-order valence-corrected chi connectivity index (χ1v) is 9.67. The predicted molar refractivity (Wildman–Crippen MR) is 111 cm³/mol. The minimum Gasteiger partial charge on any atom is -0.457 e. The number of hydrogen-bond donors (Lipinski definition) is 0. The van der Waals surface area contributed by atoms with Gasteiger partial charge in [-0.1, -0.05) is 42.5 Å². The van der Waals surface area contributed by atoms with Crippen LogP contribution >= 0.6 is 0 Å². The second-order valence-electron chi connectivity index (χ2n) is 6.89. The lowest BCUT2D eigenvalue weighted by atomic mass is 10.1. The molecule has 0 radical (unpaired) electrons. The van der Waals surface area contributed by atoms with Crippen LogP contribution in [0, 0.1) is 0 Å². The maximum atomic E-state index is 12.9. The summed E-state index contributed by atoms with van der Waals surface area (Å²) in [6, 6.07) is 25.9. The molecule has 3 aromatic rings. The van der Waals surface area contributed by atoms with Crippen LogP contribution in [0.4, 0.5) is 0 Å². The summed E-state index contributed by atoms with van der Waals surface area (Å²) in [6.07, 6.45) is 0. The molecule has 1 aliphatic heterocycles. The van der Waals surface area contributed by atoms with Crippen molar-refractivity contribution >= 4 is 11.8 Å². The fourth-order valence-corrected chi connectivity index (χ4v) is 3.38. The van der Waals surface area contributed by atoms with Crippen molar-refractivity contribution in [3.8, 4) is 11.5 Å². The molecular formula is C24H22N2O3. The number of para-hydroxylation sites is 1. The molecule has 0 atom stereocenters. The van der Waals surface area contributed by atoms with Crippen LogP contribution in [0.5, 0.6) is 11.5 Å². The van der Waals surface area contributed by atoms with Crippen molar-refractivity contribution in [2.75, 3.05) is 26.2 Å². The predicted octanol–water partition coefficient (Wildman–Crippen LogP) is 4.08. The topological polar surface area (TPSA) is 49.9 Å². The Balaban J connectivity index is 1.38. The Morgan fingerprint density at radius 1 is 0.586 bits per heavy atom. The first-order chi connectivity index (χ1) is 14.2. The number of ether oxygens (including phenoxy) is 1. The van der Waals surface area contributed by atoms with Gasteiger partial charge < -0.3 is 14.5 Å². The van der Waals surface area contributed by atoms with Crippen LogP contribution in [0.15, 0.2) is 84.9 Å². The molecule has 3 aromatic carbocycles. The number of nitrogens with zero attached hydrogens (tertiary/aromatic N) is 2. The third-order valence-corrected chi connectivity index (χ3v) is 4.93. The Morgan fingerprint density at radius 2 is 1.07 bits per heavy atom. The zero-order valence-corrected chi connectivity index (χ0v) is 16.0. The summed E-state index contributed by atoms with van der Waals surface area (Å²) >= 11 is 0. The molecular weight excluding hydrogens is 364 g/mol. The molecule has 0 bridgehead atoms. The Kier molecular flexibility index (Phi) is 5.56. The van der Waals surface area contributed by atoms with Gasteiger partial charge in [0.15, 0.2) is 0 Å². The normalized spacial score (nSPS) is 13.8. The van der Waals surface area contributed by atoms with Gasteiger partial charge in [-0.25, -0.2) is 0 Å². The van der Waals surface area contributed by atoms with E-state index in [1.807, 2.05) is 72.8 Å². The number of hydrogen-bond acceptors (Lipinski definition) is 3. The van der Waals surface area contributed by atoms with E-state index in [0.717, 1.165) is 5.75 Å². The Morgan fingerprint density at radius 3 is 1.69 bits per heavy atom. The zero-order chi connectivity index (χ0) is 20.1. The standard InChI is InChI=1S/C24H22N2O3/c27-23(19-8-3-1-4-9-19)25-14-16-26(17-15-25)24(28)20-10-7-13-22(18-20)29-21-11-5-2-6-12-21/h1-13,18H,14-17H2. The molecule has 1 saturated heterocycles. The summed E-state index contributed by atoms with van der Waals surface area (Å²) < 4.78 is 5.83. The third-order valence-electron chi connectivity index (χ3n) is 4.93. The van der Waals surface area contributed by atoms with Gasteiger partial charge in [-0.3, -0.25) is 9.59 Å². The van der Waals surface area contributed by atoms with Crippen LogP contribution in [0.3, 0.4) is 0 Å². The largest absolute Gasteiger partial charge is 0.457 e. The average molecular weight is 386 g/mol. The summed E-state index contributed by atoms with van der Waals surface area (Å²) in [6.45, 7) is 2.09. The molecule has 146 valence electrons. The van der Waals surface area contributed by atoms with Gasteiger partial charge in [-0.2, -0.15) is 0 Å². The molecule has 0 aromatic heterocycles. The third kappa shape index (κ3) is 4.46. The van der Waals surface area contributed by atoms with E-state index in [-0.39, 0.29) is 11.8 Å². The minimum absolute atomic E-state index is 0.0101. The van der Waals surface area contributed by atoms with Crippen LogP contribution in [-0.4, -0.2) is 47.8 Å². The Bertz CT molecular complexity index is 981. The van der Waals surface area contributed by atoms with Crippen molar-refractivity contribution in [1.29, 1.82) is 0 Å². The van der Waals surface area contributed by atoms with Crippen LogP contribution in [0.25, 0.3) is 0 Å². The summed E-state index contributed by atoms with van der Waals surface area (Å²) in [4.78, 5) is 29.1. The molecule has 0 unspecified atom stereocenters. The lowest BCUT2D eigenvalue weighted by molar-refractivity contribution is 0.0535. The van der Waals surface area contributed by atoms with E-state index in [1.165, 1.54) is 0 Å². The number of rotatable bonds is 4. The quantitative estimate of drug-likeness (QED) is 0.679. The number of piperazine rings is 1. The lowest BCUT2D eigenvalue weighted by Crippen LogP contribution is -2.50. The highest BCUT2D eigenvalue weighted by Crippen LogP contribution is 2.23. The molecule has 5 nitrogen and oxygen atoms in total. The van der Waals surface area contributed by atoms with E-state index < -0.39 is 0 Å². The van der Waals surface area contributed by atoms with Gasteiger partial charge in [-0.15, -0.1) is 0 Å². The maximum absolute atomic E-state index is 12.9. The van der Waals surface area contributed by atoms with Crippen LogP contribution in [0.2, 0.25) is 0 Å². The van der Waals surface area contributed by atoms with Crippen LogP contribution in [-0.2, 0) is 0 Å². The smallest absolute Gasteiger partial charge is 0.254 e. The van der Waals surface area contributed by atoms with Crippen LogP contribution in [0.1, 0.15) is 20.7 Å². The van der Waals surface area contributed by atoms with Gasteiger partial charge in [0.2, 0.25) is 0 Å². The summed E-state index contributed by atoms with van der Waals surface area (Å²) in [7, 11) is 0. The first kappa shape index (κ1) is 18.7. The second kappa shape index (κ2) is 8.61. The van der Waals surface area contributed by atoms with Crippen molar-refractivity contribution in [1.82, 2.24) is 9.80 Å². The van der Waals surface area contributed by atoms with Crippen molar-refractivity contribution < 1.29 is 14.3 Å². The van der Waals surface area contributed by atoms with Crippen molar-refractivity contribution in [3.05, 3.63) is 96.1 Å². The molecule has 1 fully saturated rings. The molecule has 5 heteroatoms. The molecule has 0 spiro atoms. The molecule has 0 saturated carbocycles. The van der Waals surface area contributed by atoms with Crippen molar-refractivity contribution in [2.45, 2.75) is 0 Å². The fourth-order valence-electron chi connectivity index (χ4n) is 3.38. The lowest BCUT2D eigenvalue weighted by Gasteiger charge is -2.35. The van der Waals surface area contributed by atoms with E-state index in [4.69, 9.17) is 4.74 Å². The zero-order valence-electron chi connectivity index (χ0n) is 16.0. The first-order valence-electron chi connectivity index (χ1n) is 9.67. The molecule has 1 aliphatic rings. The van der Waals surface area contributed by atoms with Gasteiger partial charge >= 0.3 is 0 Å². The summed E-state index contributed by atoms with van der Waals surface area (Å²) in [5.41, 5.74) is 1.26. The average Bonchev–Trinajstić information content (AvgIpc) is 2.80. The van der Waals surface area contributed by atoms with E-state index in [2.05, 4.69) is 0 Å². The Hall–Kier alpha value is -3.60. The van der Waals surface area contributed by atoms with Gasteiger partial charge in [0, 0.05) is 37.3 Å². The van der Waals surface area contributed by atoms with E-state index in [0.29, 0.717) is 43.1 Å². The fraction of sp³-hybridized carbons (Fsp3) is 0.167. The molecule has 0 aliphatic carbocycles. The number of carbonyl (C=O) groups excluding carboxylic acids is 2. The maximum Gasteiger partial charge on any atom is 0.254 e. The van der Waals surface area contributed by atoms with Crippen molar-refractivity contribution in [3.63, 3.8) is 0 Å². The van der Waals surface area contributed by atoms with Gasteiger partial charge in [0.1, 0.15) is 11.5 Å². The van der Waals surface area contributed by atoms with Gasteiger partial charge in [0.25, 0.3) is 11.8 Å². The highest BCUT2D eigenvalue weighted by Gasteiger charge is 2.25. The van der Waals surface area contributed by atoms with E-state index in [1.54, 1.807) is 21.9 Å². The SMILES string of the molecule is O=C(c1ccccc1)N1CCN(C(=O)c2cccc(Oc3ccccc3)c2)CC1. The van der Waals surface area contributed by atoms with Crippen LogP contribution < -0.4 is 4.74 Å². The molecule has 0 N–H and O–H groups in total. The van der Waals surface area contributed by atoms with E-state index in [9.17, 15) is 9.59 Å². The van der Waals surface area contributed by atoms with E-state index >= 15 is 0 Å². The van der Waals surface area contributed by atoms with Crippen molar-refractivity contribution in [2.24, 2.45) is 0 Å². The number of carbonyl (C=O) groups is 2. The molecule has 1 heterocycles. The number of amides is 2. The number of benzene rings is 3. The molecule has 29 heavy (non-hydrogen) atoms. The highest BCUT2D eigenvalue weighted by molar-refractivity contribution is 5.96. The van der Waals surface area contributed by atoms with Gasteiger partial charge in [-0.05, 0) is 42.5 Å².